The number of phenols is 3. The van der Waals surface area contributed by atoms with Crippen molar-refractivity contribution in [1.29, 1.82) is 0 Å². The predicted octanol–water partition coefficient (Wildman–Crippen LogP) is 3.99. The summed E-state index contributed by atoms with van der Waals surface area (Å²) in [5.41, 5.74) is 0.573. The first-order valence-electron chi connectivity index (χ1n) is 8.33. The van der Waals surface area contributed by atoms with Crippen molar-refractivity contribution in [2.24, 2.45) is 0 Å². The van der Waals surface area contributed by atoms with Crippen LogP contribution in [-0.4, -0.2) is 26.9 Å². The molecule has 0 aliphatic rings. The van der Waals surface area contributed by atoms with Crippen LogP contribution in [0, 0.1) is 0 Å². The zero-order chi connectivity index (χ0) is 18.4. The van der Waals surface area contributed by atoms with E-state index in [0.29, 0.717) is 6.42 Å². The zero-order valence-corrected chi connectivity index (χ0v) is 14.2. The number of aryl methyl sites for hydroxylation is 1. The second kappa shape index (κ2) is 8.33. The number of ketones is 2. The van der Waals surface area contributed by atoms with Gasteiger partial charge in [-0.1, -0.05) is 37.3 Å². The van der Waals surface area contributed by atoms with Crippen molar-refractivity contribution in [2.75, 3.05) is 0 Å². The van der Waals surface area contributed by atoms with Crippen molar-refractivity contribution in [3.63, 3.8) is 0 Å². The van der Waals surface area contributed by atoms with Crippen LogP contribution in [0.25, 0.3) is 0 Å². The molecule has 0 fully saturated rings. The van der Waals surface area contributed by atoms with Gasteiger partial charge in [-0.3, -0.25) is 9.59 Å². The highest BCUT2D eigenvalue weighted by Gasteiger charge is 2.25. The SMILES string of the molecule is CCC(=O)c1c(O)cc(O)c(C(=O)CCCCc2ccccc2)c1O. The molecule has 0 spiro atoms. The number of carbonyl (C=O) groups excluding carboxylic acids is 2. The van der Waals surface area contributed by atoms with Crippen LogP contribution in [0.1, 0.15) is 58.9 Å². The summed E-state index contributed by atoms with van der Waals surface area (Å²) in [5, 5.41) is 29.9. The Hall–Kier alpha value is -2.82. The Morgan fingerprint density at radius 3 is 2.08 bits per heavy atom. The molecule has 0 saturated carbocycles. The number of phenolic OH excluding ortho intramolecular Hbond substituents is 3. The van der Waals surface area contributed by atoms with Gasteiger partial charge in [0.15, 0.2) is 11.6 Å². The molecule has 0 unspecified atom stereocenters. The van der Waals surface area contributed by atoms with Crippen molar-refractivity contribution >= 4 is 11.6 Å². The highest BCUT2D eigenvalue weighted by molar-refractivity contribution is 6.08. The molecule has 0 heterocycles. The second-order valence-electron chi connectivity index (χ2n) is 5.91. The summed E-state index contributed by atoms with van der Waals surface area (Å²) in [6, 6.07) is 10.8. The third-order valence-electron chi connectivity index (χ3n) is 4.10. The first-order chi connectivity index (χ1) is 12.0. The van der Waals surface area contributed by atoms with E-state index in [1.807, 2.05) is 30.3 Å². The number of hydrogen-bond acceptors (Lipinski definition) is 5. The van der Waals surface area contributed by atoms with Crippen LogP contribution in [0.5, 0.6) is 17.2 Å². The van der Waals surface area contributed by atoms with Crippen LogP contribution >= 0.6 is 0 Å². The normalized spacial score (nSPS) is 10.6. The molecular weight excluding hydrogens is 320 g/mol. The molecule has 2 aromatic carbocycles. The van der Waals surface area contributed by atoms with Gasteiger partial charge in [0.1, 0.15) is 28.4 Å². The van der Waals surface area contributed by atoms with E-state index < -0.39 is 28.8 Å². The fourth-order valence-corrected chi connectivity index (χ4v) is 2.75. The van der Waals surface area contributed by atoms with E-state index >= 15 is 0 Å². The number of rotatable bonds is 8. The lowest BCUT2D eigenvalue weighted by molar-refractivity contribution is 0.0973. The molecule has 0 saturated heterocycles. The molecule has 0 atom stereocenters. The summed E-state index contributed by atoms with van der Waals surface area (Å²) >= 11 is 0. The highest BCUT2D eigenvalue weighted by Crippen LogP contribution is 2.39. The van der Waals surface area contributed by atoms with E-state index in [1.165, 1.54) is 5.56 Å². The number of aromatic hydroxyl groups is 3. The first kappa shape index (κ1) is 18.5. The van der Waals surface area contributed by atoms with Crippen LogP contribution in [0.15, 0.2) is 36.4 Å². The van der Waals surface area contributed by atoms with Crippen LogP contribution in [-0.2, 0) is 6.42 Å². The minimum absolute atomic E-state index is 0.0661. The summed E-state index contributed by atoms with van der Waals surface area (Å²) < 4.78 is 0. The molecule has 0 aromatic heterocycles. The van der Waals surface area contributed by atoms with Gasteiger partial charge in [0.05, 0.1) is 0 Å². The predicted molar refractivity (Wildman–Crippen MR) is 94.4 cm³/mol. The fourth-order valence-electron chi connectivity index (χ4n) is 2.75. The Labute approximate surface area is 146 Å². The topological polar surface area (TPSA) is 94.8 Å². The molecule has 3 N–H and O–H groups in total. The number of Topliss-reactive ketones (excluding diaryl/α,β-unsaturated/α-hetero) is 2. The maximum Gasteiger partial charge on any atom is 0.170 e. The molecule has 0 amide bonds. The van der Waals surface area contributed by atoms with Crippen LogP contribution in [0.3, 0.4) is 0 Å². The third kappa shape index (κ3) is 4.38. The van der Waals surface area contributed by atoms with Crippen LogP contribution in [0.2, 0.25) is 0 Å². The Balaban J connectivity index is 2.07. The number of carbonyl (C=O) groups is 2. The maximum absolute atomic E-state index is 12.4. The van der Waals surface area contributed by atoms with Gasteiger partial charge in [0.2, 0.25) is 0 Å². The van der Waals surface area contributed by atoms with Crippen molar-refractivity contribution in [3.8, 4) is 17.2 Å². The van der Waals surface area contributed by atoms with Gasteiger partial charge >= 0.3 is 0 Å². The number of hydrogen-bond donors (Lipinski definition) is 3. The molecule has 132 valence electrons. The van der Waals surface area contributed by atoms with Gasteiger partial charge in [0, 0.05) is 18.9 Å². The van der Waals surface area contributed by atoms with Crippen LogP contribution < -0.4 is 0 Å². The van der Waals surface area contributed by atoms with Crippen molar-refractivity contribution in [2.45, 2.75) is 39.0 Å². The van der Waals surface area contributed by atoms with Crippen LogP contribution in [0.4, 0.5) is 0 Å². The summed E-state index contributed by atoms with van der Waals surface area (Å²) in [5.74, 6) is -2.63. The third-order valence-corrected chi connectivity index (χ3v) is 4.10. The van der Waals surface area contributed by atoms with E-state index in [0.717, 1.165) is 18.9 Å². The van der Waals surface area contributed by atoms with Gasteiger partial charge in [-0.15, -0.1) is 0 Å². The lowest BCUT2D eigenvalue weighted by Crippen LogP contribution is -2.06. The molecule has 0 aliphatic carbocycles. The summed E-state index contributed by atoms with van der Waals surface area (Å²) in [7, 11) is 0. The number of unbranched alkanes of at least 4 members (excludes halogenated alkanes) is 1. The van der Waals surface area contributed by atoms with E-state index in [1.54, 1.807) is 6.92 Å². The number of benzene rings is 2. The quantitative estimate of drug-likeness (QED) is 0.498. The molecule has 25 heavy (non-hydrogen) atoms. The highest BCUT2D eigenvalue weighted by atomic mass is 16.3. The summed E-state index contributed by atoms with van der Waals surface area (Å²) in [6.07, 6.45) is 2.41. The molecule has 0 radical (unpaired) electrons. The minimum atomic E-state index is -0.641. The van der Waals surface area contributed by atoms with Gasteiger partial charge in [-0.25, -0.2) is 0 Å². The molecule has 2 rings (SSSR count). The van der Waals surface area contributed by atoms with Gasteiger partial charge in [-0.05, 0) is 24.8 Å². The van der Waals surface area contributed by atoms with Crippen molar-refractivity contribution < 1.29 is 24.9 Å². The summed E-state index contributed by atoms with van der Waals surface area (Å²) in [6.45, 7) is 1.58. The van der Waals surface area contributed by atoms with Gasteiger partial charge < -0.3 is 15.3 Å². The fraction of sp³-hybridized carbons (Fsp3) is 0.300. The molecule has 5 heteroatoms. The van der Waals surface area contributed by atoms with Gasteiger partial charge in [0.25, 0.3) is 0 Å². The van der Waals surface area contributed by atoms with Crippen molar-refractivity contribution in [1.82, 2.24) is 0 Å². The largest absolute Gasteiger partial charge is 0.507 e. The van der Waals surface area contributed by atoms with E-state index in [9.17, 15) is 24.9 Å². The molecular formula is C20H22O5. The lowest BCUT2D eigenvalue weighted by atomic mass is 9.96. The average molecular weight is 342 g/mol. The Kier molecular flexibility index (Phi) is 6.17. The smallest absolute Gasteiger partial charge is 0.170 e. The second-order valence-corrected chi connectivity index (χ2v) is 5.91. The van der Waals surface area contributed by atoms with E-state index in [-0.39, 0.29) is 24.0 Å². The van der Waals surface area contributed by atoms with Crippen molar-refractivity contribution in [3.05, 3.63) is 53.1 Å². The minimum Gasteiger partial charge on any atom is -0.507 e. The average Bonchev–Trinajstić information content (AvgIpc) is 2.59. The van der Waals surface area contributed by atoms with E-state index in [2.05, 4.69) is 0 Å². The Morgan fingerprint density at radius 2 is 1.48 bits per heavy atom. The molecule has 2 aromatic rings. The molecule has 0 bridgehead atoms. The standard InChI is InChI=1S/C20H22O5/c1-2-14(21)18-16(23)12-17(24)19(20(18)25)15(22)11-7-6-10-13-8-4-3-5-9-13/h3-5,8-9,12,23-25H,2,6-7,10-11H2,1H3. The van der Waals surface area contributed by atoms with Gasteiger partial charge in [-0.2, -0.15) is 0 Å². The lowest BCUT2D eigenvalue weighted by Gasteiger charge is -2.12. The monoisotopic (exact) mass is 342 g/mol. The van der Waals surface area contributed by atoms with E-state index in [4.69, 9.17) is 0 Å². The molecule has 0 aliphatic heterocycles. The zero-order valence-electron chi connectivity index (χ0n) is 14.2. The molecule has 5 nitrogen and oxygen atoms in total. The Bertz CT molecular complexity index is 765. The maximum atomic E-state index is 12.4. The summed E-state index contributed by atoms with van der Waals surface area (Å²) in [4.78, 5) is 24.2. The first-order valence-corrected chi connectivity index (χ1v) is 8.33. The Morgan fingerprint density at radius 1 is 0.880 bits per heavy atom.